The molecule has 1 aromatic carbocycles. The molecule has 94 valence electrons. The third-order valence-corrected chi connectivity index (χ3v) is 3.47. The van der Waals surface area contributed by atoms with Crippen LogP contribution in [0.4, 0.5) is 5.69 Å². The molecule has 0 fully saturated rings. The highest BCUT2D eigenvalue weighted by Gasteiger charge is 2.26. The molecule has 0 atom stereocenters. The fraction of sp³-hybridized carbons (Fsp3) is 0.462. The Kier molecular flexibility index (Phi) is 4.71. The molecule has 0 bridgehead atoms. The molecule has 0 radical (unpaired) electrons. The lowest BCUT2D eigenvalue weighted by molar-refractivity contribution is -0.121. The average Bonchev–Trinajstić information content (AvgIpc) is 2.23. The molecule has 2 N–H and O–H groups in total. The summed E-state index contributed by atoms with van der Waals surface area (Å²) in [5, 5.41) is 6.05. The minimum Gasteiger partial charge on any atom is -0.324 e. The molecule has 0 aliphatic heterocycles. The first-order valence-corrected chi connectivity index (χ1v) is 6.48. The molecule has 1 amide bonds. The van der Waals surface area contributed by atoms with E-state index in [0.29, 0.717) is 0 Å². The Bertz CT molecular complexity index is 416. The quantitative estimate of drug-likeness (QED) is 0.897. The number of aryl methyl sites for hydroxylation is 1. The van der Waals surface area contributed by atoms with E-state index in [1.807, 2.05) is 45.9 Å². The number of rotatable bonds is 4. The number of benzene rings is 1. The lowest BCUT2D eigenvalue weighted by Crippen LogP contribution is -2.49. The van der Waals surface area contributed by atoms with E-state index in [9.17, 15) is 4.79 Å². The van der Waals surface area contributed by atoms with Gasteiger partial charge >= 0.3 is 0 Å². The third-order valence-electron chi connectivity index (χ3n) is 2.62. The van der Waals surface area contributed by atoms with E-state index in [2.05, 4.69) is 26.6 Å². The van der Waals surface area contributed by atoms with Crippen molar-refractivity contribution >= 4 is 27.5 Å². The van der Waals surface area contributed by atoms with Crippen LogP contribution < -0.4 is 10.6 Å². The molecule has 0 aliphatic rings. The van der Waals surface area contributed by atoms with Crippen molar-refractivity contribution in [3.63, 3.8) is 0 Å². The molecular formula is C13H19BrN2O. The molecule has 0 aromatic heterocycles. The fourth-order valence-corrected chi connectivity index (χ4v) is 1.86. The molecular weight excluding hydrogens is 280 g/mol. The van der Waals surface area contributed by atoms with Gasteiger partial charge in [0.25, 0.3) is 0 Å². The van der Waals surface area contributed by atoms with Crippen molar-refractivity contribution in [2.75, 3.05) is 11.9 Å². The van der Waals surface area contributed by atoms with E-state index in [-0.39, 0.29) is 5.91 Å². The summed E-state index contributed by atoms with van der Waals surface area (Å²) in [5.74, 6) is -0.0323. The maximum absolute atomic E-state index is 12.0. The largest absolute Gasteiger partial charge is 0.324 e. The molecule has 0 spiro atoms. The summed E-state index contributed by atoms with van der Waals surface area (Å²) in [6.45, 7) is 8.50. The number of carbonyl (C=O) groups is 1. The monoisotopic (exact) mass is 298 g/mol. The van der Waals surface area contributed by atoms with Gasteiger partial charge in [-0.05, 0) is 45.0 Å². The molecule has 0 unspecified atom stereocenters. The van der Waals surface area contributed by atoms with Gasteiger partial charge in [0, 0.05) is 10.2 Å². The Balaban J connectivity index is 2.77. The van der Waals surface area contributed by atoms with Crippen LogP contribution >= 0.6 is 15.9 Å². The first-order chi connectivity index (χ1) is 7.86. The second kappa shape index (κ2) is 5.65. The van der Waals surface area contributed by atoms with Crippen molar-refractivity contribution in [2.24, 2.45) is 0 Å². The predicted molar refractivity (Wildman–Crippen MR) is 75.3 cm³/mol. The maximum Gasteiger partial charge on any atom is 0.244 e. The van der Waals surface area contributed by atoms with E-state index < -0.39 is 5.54 Å². The highest BCUT2D eigenvalue weighted by molar-refractivity contribution is 9.10. The standard InChI is InChI=1S/C13H19BrN2O/c1-5-15-13(3,4)12(17)16-10-7-6-9(2)11(14)8-10/h6-8,15H,5H2,1-4H3,(H,16,17). The van der Waals surface area contributed by atoms with Crippen LogP contribution in [0.15, 0.2) is 22.7 Å². The van der Waals surface area contributed by atoms with Gasteiger partial charge in [0.2, 0.25) is 5.91 Å². The number of nitrogens with one attached hydrogen (secondary N) is 2. The van der Waals surface area contributed by atoms with E-state index in [1.165, 1.54) is 0 Å². The normalized spacial score (nSPS) is 11.4. The van der Waals surface area contributed by atoms with Crippen LogP contribution in [-0.4, -0.2) is 18.0 Å². The number of likely N-dealkylation sites (N-methyl/N-ethyl adjacent to an activating group) is 1. The zero-order valence-corrected chi connectivity index (χ0v) is 12.3. The second-order valence-electron chi connectivity index (χ2n) is 4.57. The first-order valence-electron chi connectivity index (χ1n) is 5.69. The Morgan fingerprint density at radius 2 is 2.06 bits per heavy atom. The second-order valence-corrected chi connectivity index (χ2v) is 5.43. The number of hydrogen-bond donors (Lipinski definition) is 2. The molecule has 3 nitrogen and oxygen atoms in total. The van der Waals surface area contributed by atoms with Crippen LogP contribution in [0.5, 0.6) is 0 Å². The van der Waals surface area contributed by atoms with Crippen LogP contribution in [0.2, 0.25) is 0 Å². The number of carbonyl (C=O) groups excluding carboxylic acids is 1. The summed E-state index contributed by atoms with van der Waals surface area (Å²) in [7, 11) is 0. The van der Waals surface area contributed by atoms with Crippen molar-refractivity contribution in [2.45, 2.75) is 33.2 Å². The molecule has 0 heterocycles. The van der Waals surface area contributed by atoms with Gasteiger partial charge in [-0.15, -0.1) is 0 Å². The van der Waals surface area contributed by atoms with Crippen molar-refractivity contribution in [1.29, 1.82) is 0 Å². The molecule has 1 aromatic rings. The Morgan fingerprint density at radius 3 is 2.59 bits per heavy atom. The van der Waals surface area contributed by atoms with E-state index in [4.69, 9.17) is 0 Å². The van der Waals surface area contributed by atoms with Crippen molar-refractivity contribution in [3.8, 4) is 0 Å². The van der Waals surface area contributed by atoms with Crippen molar-refractivity contribution < 1.29 is 4.79 Å². The summed E-state index contributed by atoms with van der Waals surface area (Å²) >= 11 is 3.45. The van der Waals surface area contributed by atoms with Crippen LogP contribution in [-0.2, 0) is 4.79 Å². The number of halogens is 1. The minimum atomic E-state index is -0.563. The zero-order chi connectivity index (χ0) is 13.1. The molecule has 17 heavy (non-hydrogen) atoms. The van der Waals surface area contributed by atoms with Crippen LogP contribution in [0.1, 0.15) is 26.3 Å². The van der Waals surface area contributed by atoms with Crippen molar-refractivity contribution in [3.05, 3.63) is 28.2 Å². The Labute approximate surface area is 111 Å². The van der Waals surface area contributed by atoms with Gasteiger partial charge in [-0.2, -0.15) is 0 Å². The van der Waals surface area contributed by atoms with E-state index in [0.717, 1.165) is 22.3 Å². The average molecular weight is 299 g/mol. The Morgan fingerprint density at radius 1 is 1.41 bits per heavy atom. The highest BCUT2D eigenvalue weighted by atomic mass is 79.9. The van der Waals surface area contributed by atoms with E-state index >= 15 is 0 Å². The van der Waals surface area contributed by atoms with Crippen LogP contribution in [0.3, 0.4) is 0 Å². The Hall–Kier alpha value is -0.870. The van der Waals surface area contributed by atoms with Gasteiger partial charge in [-0.1, -0.05) is 28.9 Å². The maximum atomic E-state index is 12.0. The predicted octanol–water partition coefficient (Wildman–Crippen LogP) is 3.08. The number of anilines is 1. The molecule has 0 saturated carbocycles. The summed E-state index contributed by atoms with van der Waals surface area (Å²) in [6.07, 6.45) is 0. The molecule has 0 saturated heterocycles. The van der Waals surface area contributed by atoms with Gasteiger partial charge < -0.3 is 10.6 Å². The van der Waals surface area contributed by atoms with E-state index in [1.54, 1.807) is 0 Å². The SMILES string of the molecule is CCNC(C)(C)C(=O)Nc1ccc(C)c(Br)c1. The smallest absolute Gasteiger partial charge is 0.244 e. The van der Waals surface area contributed by atoms with Gasteiger partial charge in [0.05, 0.1) is 5.54 Å². The molecule has 1 rings (SSSR count). The first kappa shape index (κ1) is 14.2. The van der Waals surface area contributed by atoms with Gasteiger partial charge in [0.15, 0.2) is 0 Å². The number of amides is 1. The number of hydrogen-bond acceptors (Lipinski definition) is 2. The van der Waals surface area contributed by atoms with Crippen LogP contribution in [0, 0.1) is 6.92 Å². The van der Waals surface area contributed by atoms with Crippen LogP contribution in [0.25, 0.3) is 0 Å². The zero-order valence-electron chi connectivity index (χ0n) is 10.7. The summed E-state index contributed by atoms with van der Waals surface area (Å²) < 4.78 is 0.997. The van der Waals surface area contributed by atoms with Crippen molar-refractivity contribution in [1.82, 2.24) is 5.32 Å². The minimum absolute atomic E-state index is 0.0323. The molecule has 0 aliphatic carbocycles. The summed E-state index contributed by atoms with van der Waals surface area (Å²) in [4.78, 5) is 12.0. The van der Waals surface area contributed by atoms with Gasteiger partial charge in [-0.3, -0.25) is 4.79 Å². The van der Waals surface area contributed by atoms with Gasteiger partial charge in [0.1, 0.15) is 0 Å². The highest BCUT2D eigenvalue weighted by Crippen LogP contribution is 2.21. The summed E-state index contributed by atoms with van der Waals surface area (Å²) in [6, 6.07) is 5.79. The molecule has 4 heteroatoms. The summed E-state index contributed by atoms with van der Waals surface area (Å²) in [5.41, 5.74) is 1.39. The third kappa shape index (κ3) is 3.82. The topological polar surface area (TPSA) is 41.1 Å². The fourth-order valence-electron chi connectivity index (χ4n) is 1.48. The van der Waals surface area contributed by atoms with Gasteiger partial charge in [-0.25, -0.2) is 0 Å². The lowest BCUT2D eigenvalue weighted by Gasteiger charge is -2.24. The lowest BCUT2D eigenvalue weighted by atomic mass is 10.0.